The van der Waals surface area contributed by atoms with E-state index in [1.54, 1.807) is 24.3 Å². The average Bonchev–Trinajstić information content (AvgIpc) is 2.14. The van der Waals surface area contributed by atoms with E-state index in [0.29, 0.717) is 10.6 Å². The monoisotopic (exact) mass is 235 g/mol. The number of nitrogens with two attached hydrogens (primary N) is 1. The lowest BCUT2D eigenvalue weighted by molar-refractivity contribution is -0.167. The number of carbonyl (C=O) groups excluding carboxylic acids is 1. The minimum atomic E-state index is -4.77. The molecule has 0 heterocycles. The Morgan fingerprint density at radius 2 is 1.93 bits per heavy atom. The van der Waals surface area contributed by atoms with E-state index in [-0.39, 0.29) is 0 Å². The predicted molar refractivity (Wildman–Crippen MR) is 52.6 cm³/mol. The van der Waals surface area contributed by atoms with E-state index in [1.807, 2.05) is 0 Å². The predicted octanol–water partition coefficient (Wildman–Crippen LogP) is 2.49. The van der Waals surface area contributed by atoms with Gasteiger partial charge in [0.15, 0.2) is 0 Å². The Balaban J connectivity index is 2.59. The van der Waals surface area contributed by atoms with Gasteiger partial charge in [-0.1, -0.05) is 12.1 Å². The summed E-state index contributed by atoms with van der Waals surface area (Å²) in [6.45, 7) is 0. The van der Waals surface area contributed by atoms with Crippen LogP contribution in [0, 0.1) is 0 Å². The van der Waals surface area contributed by atoms with Crippen LogP contribution in [0.4, 0.5) is 18.9 Å². The van der Waals surface area contributed by atoms with Crippen molar-refractivity contribution in [3.8, 4) is 0 Å². The molecule has 0 aliphatic heterocycles. The van der Waals surface area contributed by atoms with Crippen molar-refractivity contribution in [1.29, 1.82) is 0 Å². The van der Waals surface area contributed by atoms with Crippen LogP contribution in [0.1, 0.15) is 0 Å². The number of carbonyl (C=O) groups is 1. The molecule has 1 aromatic rings. The van der Waals surface area contributed by atoms with E-state index < -0.39 is 17.7 Å². The first-order valence-corrected chi connectivity index (χ1v) is 4.97. The fraction of sp³-hybridized carbons (Fsp3) is 0.222. The number of benzene rings is 1. The highest BCUT2D eigenvalue weighted by molar-refractivity contribution is 8.00. The first-order valence-electron chi connectivity index (χ1n) is 3.98. The maximum atomic E-state index is 11.9. The molecule has 0 saturated carbocycles. The molecule has 0 atom stereocenters. The molecular formula is C9H8F3NOS. The van der Waals surface area contributed by atoms with Gasteiger partial charge in [0.05, 0.1) is 5.75 Å². The summed E-state index contributed by atoms with van der Waals surface area (Å²) in [5.74, 6) is -2.40. The first-order chi connectivity index (χ1) is 6.91. The SMILES string of the molecule is Nc1ccccc1SCC(=O)C(F)(F)F. The van der Waals surface area contributed by atoms with Gasteiger partial charge in [-0.3, -0.25) is 4.79 Å². The van der Waals surface area contributed by atoms with Gasteiger partial charge in [-0.15, -0.1) is 11.8 Å². The van der Waals surface area contributed by atoms with Crippen molar-refractivity contribution in [2.45, 2.75) is 11.1 Å². The molecular weight excluding hydrogens is 227 g/mol. The third-order valence-electron chi connectivity index (χ3n) is 1.59. The van der Waals surface area contributed by atoms with Gasteiger partial charge in [-0.2, -0.15) is 13.2 Å². The highest BCUT2D eigenvalue weighted by Gasteiger charge is 2.37. The zero-order valence-electron chi connectivity index (χ0n) is 7.54. The molecule has 0 radical (unpaired) electrons. The Bertz CT molecular complexity index is 365. The Hall–Kier alpha value is -1.17. The number of thioether (sulfide) groups is 1. The molecule has 0 spiro atoms. The molecule has 0 saturated heterocycles. The number of hydrogen-bond acceptors (Lipinski definition) is 3. The van der Waals surface area contributed by atoms with E-state index in [0.717, 1.165) is 11.8 Å². The molecule has 0 fully saturated rings. The molecule has 0 aliphatic carbocycles. The quantitative estimate of drug-likeness (QED) is 0.646. The van der Waals surface area contributed by atoms with Gasteiger partial charge >= 0.3 is 6.18 Å². The molecule has 0 aliphatic rings. The molecule has 82 valence electrons. The Kier molecular flexibility index (Phi) is 3.62. The van der Waals surface area contributed by atoms with E-state index in [9.17, 15) is 18.0 Å². The summed E-state index contributed by atoms with van der Waals surface area (Å²) < 4.78 is 35.6. The topological polar surface area (TPSA) is 43.1 Å². The second-order valence-electron chi connectivity index (χ2n) is 2.75. The number of hydrogen-bond donors (Lipinski definition) is 1. The summed E-state index contributed by atoms with van der Waals surface area (Å²) in [6.07, 6.45) is -4.77. The Morgan fingerprint density at radius 3 is 2.47 bits per heavy atom. The van der Waals surface area contributed by atoms with Gasteiger partial charge < -0.3 is 5.73 Å². The minimum absolute atomic E-state index is 0.373. The number of ketones is 1. The average molecular weight is 235 g/mol. The highest BCUT2D eigenvalue weighted by atomic mass is 32.2. The summed E-state index contributed by atoms with van der Waals surface area (Å²) in [5.41, 5.74) is 5.88. The summed E-state index contributed by atoms with van der Waals surface area (Å²) in [5, 5.41) is 0. The fourth-order valence-electron chi connectivity index (χ4n) is 0.837. The molecule has 6 heteroatoms. The zero-order chi connectivity index (χ0) is 11.5. The molecule has 0 aromatic heterocycles. The Labute approximate surface area is 88.6 Å². The normalized spacial score (nSPS) is 11.4. The smallest absolute Gasteiger partial charge is 0.398 e. The van der Waals surface area contributed by atoms with Crippen LogP contribution >= 0.6 is 11.8 Å². The lowest BCUT2D eigenvalue weighted by Gasteiger charge is -2.06. The molecule has 1 rings (SSSR count). The highest BCUT2D eigenvalue weighted by Crippen LogP contribution is 2.27. The third-order valence-corrected chi connectivity index (χ3v) is 2.68. The van der Waals surface area contributed by atoms with Crippen molar-refractivity contribution in [2.75, 3.05) is 11.5 Å². The van der Waals surface area contributed by atoms with Gasteiger partial charge in [-0.25, -0.2) is 0 Å². The van der Waals surface area contributed by atoms with Crippen LogP contribution in [0.15, 0.2) is 29.2 Å². The van der Waals surface area contributed by atoms with Crippen molar-refractivity contribution in [2.24, 2.45) is 0 Å². The molecule has 15 heavy (non-hydrogen) atoms. The van der Waals surface area contributed by atoms with Gasteiger partial charge in [0.2, 0.25) is 5.78 Å². The number of rotatable bonds is 3. The summed E-state index contributed by atoms with van der Waals surface area (Å²) in [6, 6.07) is 6.46. The van der Waals surface area contributed by atoms with Gasteiger partial charge in [0.25, 0.3) is 0 Å². The minimum Gasteiger partial charge on any atom is -0.398 e. The fourth-order valence-corrected chi connectivity index (χ4v) is 1.70. The van der Waals surface area contributed by atoms with Crippen molar-refractivity contribution in [3.63, 3.8) is 0 Å². The second-order valence-corrected chi connectivity index (χ2v) is 3.76. The molecule has 0 amide bonds. The third kappa shape index (κ3) is 3.47. The summed E-state index contributed by atoms with van der Waals surface area (Å²) in [4.78, 5) is 11.0. The maximum absolute atomic E-state index is 11.9. The zero-order valence-corrected chi connectivity index (χ0v) is 8.36. The molecule has 0 bridgehead atoms. The Morgan fingerprint density at radius 1 is 1.33 bits per heavy atom. The van der Waals surface area contributed by atoms with Crippen molar-refractivity contribution in [3.05, 3.63) is 24.3 Å². The van der Waals surface area contributed by atoms with Crippen molar-refractivity contribution < 1.29 is 18.0 Å². The van der Waals surface area contributed by atoms with Crippen LogP contribution in [0.25, 0.3) is 0 Å². The van der Waals surface area contributed by atoms with Gasteiger partial charge in [0, 0.05) is 10.6 Å². The first kappa shape index (κ1) is 11.9. The molecule has 1 aromatic carbocycles. The van der Waals surface area contributed by atoms with Gasteiger partial charge in [-0.05, 0) is 12.1 Å². The molecule has 2 N–H and O–H groups in total. The van der Waals surface area contributed by atoms with Crippen LogP contribution < -0.4 is 5.73 Å². The molecule has 0 unspecified atom stereocenters. The lowest BCUT2D eigenvalue weighted by Crippen LogP contribution is -2.24. The summed E-state index contributed by atoms with van der Waals surface area (Å²) >= 11 is 0.787. The standard InChI is InChI=1S/C9H8F3NOS/c10-9(11,12)8(14)5-15-7-4-2-1-3-6(7)13/h1-4H,5,13H2. The van der Waals surface area contributed by atoms with Crippen molar-refractivity contribution >= 4 is 23.2 Å². The number of anilines is 1. The summed E-state index contributed by atoms with van der Waals surface area (Å²) in [7, 11) is 0. The molecule has 2 nitrogen and oxygen atoms in total. The van der Waals surface area contributed by atoms with Crippen LogP contribution in [0.3, 0.4) is 0 Å². The van der Waals surface area contributed by atoms with Gasteiger partial charge in [0.1, 0.15) is 0 Å². The second kappa shape index (κ2) is 4.57. The van der Waals surface area contributed by atoms with E-state index in [4.69, 9.17) is 5.73 Å². The number of alkyl halides is 3. The van der Waals surface area contributed by atoms with Crippen LogP contribution in [-0.2, 0) is 4.79 Å². The lowest BCUT2D eigenvalue weighted by atomic mass is 10.3. The van der Waals surface area contributed by atoms with Crippen LogP contribution in [-0.4, -0.2) is 17.7 Å². The van der Waals surface area contributed by atoms with Crippen molar-refractivity contribution in [1.82, 2.24) is 0 Å². The number of nitrogen functional groups attached to an aromatic ring is 1. The number of para-hydroxylation sites is 1. The number of halogens is 3. The van der Waals surface area contributed by atoms with E-state index in [2.05, 4.69) is 0 Å². The van der Waals surface area contributed by atoms with E-state index >= 15 is 0 Å². The van der Waals surface area contributed by atoms with E-state index in [1.165, 1.54) is 0 Å². The van der Waals surface area contributed by atoms with Crippen LogP contribution in [0.5, 0.6) is 0 Å². The van der Waals surface area contributed by atoms with Crippen LogP contribution in [0.2, 0.25) is 0 Å². The maximum Gasteiger partial charge on any atom is 0.450 e. The largest absolute Gasteiger partial charge is 0.450 e. The number of Topliss-reactive ketones (excluding diaryl/α,β-unsaturated/α-hetero) is 1.